The Balaban J connectivity index is 2.10. The summed E-state index contributed by atoms with van der Waals surface area (Å²) in [7, 11) is 2.15. The minimum Gasteiger partial charge on any atom is -0.305 e. The van der Waals surface area contributed by atoms with Gasteiger partial charge in [0.25, 0.3) is 0 Å². The zero-order valence-electron chi connectivity index (χ0n) is 13.8. The van der Waals surface area contributed by atoms with Gasteiger partial charge in [0.05, 0.1) is 4.87 Å². The van der Waals surface area contributed by atoms with E-state index in [1.54, 1.807) is 0 Å². The first kappa shape index (κ1) is 17.1. The summed E-state index contributed by atoms with van der Waals surface area (Å²) in [6, 6.07) is 21.5. The largest absolute Gasteiger partial charge is 0.305 e. The minimum absolute atomic E-state index is 0.177. The molecule has 0 saturated heterocycles. The third-order valence-corrected chi connectivity index (χ3v) is 3.97. The normalized spacial score (nSPS) is 12.1. The highest BCUT2D eigenvalue weighted by Crippen LogP contribution is 2.28. The molecule has 0 aliphatic carbocycles. The molecule has 0 N–H and O–H groups in total. The molecule has 0 saturated carbocycles. The summed E-state index contributed by atoms with van der Waals surface area (Å²) >= 11 is 6.34. The van der Waals surface area contributed by atoms with Crippen molar-refractivity contribution >= 4 is 11.6 Å². The number of halogens is 1. The van der Waals surface area contributed by atoms with Crippen LogP contribution in [0.25, 0.3) is 0 Å². The van der Waals surface area contributed by atoms with Gasteiger partial charge < -0.3 is 4.90 Å². The molecule has 22 heavy (non-hydrogen) atoms. The summed E-state index contributed by atoms with van der Waals surface area (Å²) in [5, 5.41) is 0. The Kier molecular flexibility index (Phi) is 6.05. The molecule has 1 nitrogen and oxygen atoms in total. The first-order chi connectivity index (χ1) is 10.5. The van der Waals surface area contributed by atoms with Crippen molar-refractivity contribution < 1.29 is 0 Å². The van der Waals surface area contributed by atoms with Crippen LogP contribution >= 0.6 is 11.6 Å². The van der Waals surface area contributed by atoms with Crippen LogP contribution in [0.1, 0.15) is 37.3 Å². The average molecular weight is 316 g/mol. The summed E-state index contributed by atoms with van der Waals surface area (Å²) in [6.45, 7) is 6.06. The Morgan fingerprint density at radius 3 is 1.77 bits per heavy atom. The first-order valence-electron chi connectivity index (χ1n) is 7.93. The van der Waals surface area contributed by atoms with Gasteiger partial charge in [-0.15, -0.1) is 11.6 Å². The Bertz CT molecular complexity index is 505. The van der Waals surface area contributed by atoms with Gasteiger partial charge in [0.1, 0.15) is 0 Å². The fraction of sp³-hybridized carbons (Fsp3) is 0.400. The molecular weight excluding hydrogens is 290 g/mol. The SMILES string of the molecule is CN(CCC(c1ccccc1)c1ccccc1)CC(C)(C)Cl. The topological polar surface area (TPSA) is 3.24 Å². The molecule has 0 atom stereocenters. The second kappa shape index (κ2) is 7.80. The summed E-state index contributed by atoms with van der Waals surface area (Å²) in [4.78, 5) is 2.15. The van der Waals surface area contributed by atoms with Crippen LogP contribution < -0.4 is 0 Å². The monoisotopic (exact) mass is 315 g/mol. The molecule has 2 rings (SSSR count). The van der Waals surface area contributed by atoms with Crippen LogP contribution in [-0.2, 0) is 0 Å². The summed E-state index contributed by atoms with van der Waals surface area (Å²) < 4.78 is 0. The van der Waals surface area contributed by atoms with E-state index in [1.807, 2.05) is 0 Å². The zero-order chi connectivity index (χ0) is 16.0. The number of hydrogen-bond acceptors (Lipinski definition) is 1. The second-order valence-corrected chi connectivity index (χ2v) is 7.64. The van der Waals surface area contributed by atoms with Crippen LogP contribution in [0.5, 0.6) is 0 Å². The Morgan fingerprint density at radius 2 is 1.36 bits per heavy atom. The molecule has 0 bridgehead atoms. The summed E-state index contributed by atoms with van der Waals surface area (Å²) in [5.74, 6) is 0.434. The maximum atomic E-state index is 6.34. The lowest BCUT2D eigenvalue weighted by Gasteiger charge is -2.27. The first-order valence-corrected chi connectivity index (χ1v) is 8.31. The third-order valence-electron chi connectivity index (χ3n) is 3.85. The van der Waals surface area contributed by atoms with E-state index in [2.05, 4.69) is 86.5 Å². The summed E-state index contributed by atoms with van der Waals surface area (Å²) in [5.41, 5.74) is 2.76. The molecule has 0 radical (unpaired) electrons. The number of hydrogen-bond donors (Lipinski definition) is 0. The quantitative estimate of drug-likeness (QED) is 0.638. The van der Waals surface area contributed by atoms with E-state index >= 15 is 0 Å². The third kappa shape index (κ3) is 5.47. The summed E-state index contributed by atoms with van der Waals surface area (Å²) in [6.07, 6.45) is 1.09. The van der Waals surface area contributed by atoms with Gasteiger partial charge in [-0.3, -0.25) is 0 Å². The molecule has 0 unspecified atom stereocenters. The smallest absolute Gasteiger partial charge is 0.0517 e. The van der Waals surface area contributed by atoms with Gasteiger partial charge >= 0.3 is 0 Å². The average Bonchev–Trinajstić information content (AvgIpc) is 2.48. The highest BCUT2D eigenvalue weighted by Gasteiger charge is 2.18. The van der Waals surface area contributed by atoms with E-state index < -0.39 is 0 Å². The molecule has 0 aliphatic heterocycles. The highest BCUT2D eigenvalue weighted by molar-refractivity contribution is 6.23. The lowest BCUT2D eigenvalue weighted by atomic mass is 9.88. The van der Waals surface area contributed by atoms with Crippen molar-refractivity contribution in [2.24, 2.45) is 0 Å². The van der Waals surface area contributed by atoms with Gasteiger partial charge in [-0.1, -0.05) is 60.7 Å². The molecule has 0 spiro atoms. The standard InChI is InChI=1S/C20H26ClN/c1-20(2,21)16-22(3)15-14-19(17-10-6-4-7-11-17)18-12-8-5-9-13-18/h4-13,19H,14-16H2,1-3H3. The van der Waals surface area contributed by atoms with Gasteiger partial charge in [0.2, 0.25) is 0 Å². The Morgan fingerprint density at radius 1 is 0.909 bits per heavy atom. The predicted octanol–water partition coefficient (Wildman–Crippen LogP) is 5.16. The maximum absolute atomic E-state index is 6.34. The van der Waals surface area contributed by atoms with Crippen LogP contribution in [0.3, 0.4) is 0 Å². The van der Waals surface area contributed by atoms with E-state index in [9.17, 15) is 0 Å². The zero-order valence-corrected chi connectivity index (χ0v) is 14.6. The molecule has 2 heteroatoms. The van der Waals surface area contributed by atoms with Crippen molar-refractivity contribution in [2.75, 3.05) is 20.1 Å². The molecule has 0 fully saturated rings. The lowest BCUT2D eigenvalue weighted by Crippen LogP contribution is -2.33. The number of nitrogens with zero attached hydrogens (tertiary/aromatic N) is 1. The molecule has 118 valence electrons. The Hall–Kier alpha value is -1.31. The number of benzene rings is 2. The fourth-order valence-electron chi connectivity index (χ4n) is 2.97. The van der Waals surface area contributed by atoms with E-state index in [0.717, 1.165) is 19.5 Å². The van der Waals surface area contributed by atoms with Gasteiger partial charge in [-0.2, -0.15) is 0 Å². The highest BCUT2D eigenvalue weighted by atomic mass is 35.5. The lowest BCUT2D eigenvalue weighted by molar-refractivity contribution is 0.298. The maximum Gasteiger partial charge on any atom is 0.0517 e. The van der Waals surface area contributed by atoms with Crippen LogP contribution in [0.4, 0.5) is 0 Å². The van der Waals surface area contributed by atoms with Crippen molar-refractivity contribution in [1.82, 2.24) is 4.90 Å². The predicted molar refractivity (Wildman–Crippen MR) is 96.8 cm³/mol. The minimum atomic E-state index is -0.177. The van der Waals surface area contributed by atoms with Crippen LogP contribution in [0.15, 0.2) is 60.7 Å². The van der Waals surface area contributed by atoms with Crippen molar-refractivity contribution in [2.45, 2.75) is 31.1 Å². The number of alkyl halides is 1. The van der Waals surface area contributed by atoms with Gasteiger partial charge in [-0.05, 0) is 45.0 Å². The number of rotatable bonds is 7. The molecule has 0 heterocycles. The molecule has 2 aromatic rings. The van der Waals surface area contributed by atoms with E-state index in [0.29, 0.717) is 5.92 Å². The molecule has 0 aromatic heterocycles. The van der Waals surface area contributed by atoms with Crippen LogP contribution in [-0.4, -0.2) is 29.9 Å². The molecule has 0 aliphatic rings. The molecule has 2 aromatic carbocycles. The van der Waals surface area contributed by atoms with Gasteiger partial charge in [-0.25, -0.2) is 0 Å². The van der Waals surface area contributed by atoms with E-state index in [4.69, 9.17) is 11.6 Å². The molecular formula is C20H26ClN. The molecule has 0 amide bonds. The van der Waals surface area contributed by atoms with Crippen molar-refractivity contribution in [3.63, 3.8) is 0 Å². The van der Waals surface area contributed by atoms with E-state index in [-0.39, 0.29) is 4.87 Å². The second-order valence-electron chi connectivity index (χ2n) is 6.62. The van der Waals surface area contributed by atoms with Crippen molar-refractivity contribution in [3.05, 3.63) is 71.8 Å². The van der Waals surface area contributed by atoms with Gasteiger partial charge in [0.15, 0.2) is 0 Å². The van der Waals surface area contributed by atoms with E-state index in [1.165, 1.54) is 11.1 Å². The van der Waals surface area contributed by atoms with Crippen LogP contribution in [0.2, 0.25) is 0 Å². The van der Waals surface area contributed by atoms with Crippen molar-refractivity contribution in [3.8, 4) is 0 Å². The Labute approximate surface area is 139 Å². The van der Waals surface area contributed by atoms with Crippen LogP contribution in [0, 0.1) is 0 Å². The van der Waals surface area contributed by atoms with Crippen molar-refractivity contribution in [1.29, 1.82) is 0 Å². The van der Waals surface area contributed by atoms with Gasteiger partial charge in [0, 0.05) is 12.5 Å². The fourth-order valence-corrected chi connectivity index (χ4v) is 3.17.